The van der Waals surface area contributed by atoms with Crippen LogP contribution < -0.4 is 0 Å². The molecule has 0 spiro atoms. The van der Waals surface area contributed by atoms with Crippen molar-refractivity contribution in [1.29, 1.82) is 0 Å². The molecule has 0 aromatic rings. The van der Waals surface area contributed by atoms with E-state index in [-0.39, 0.29) is 18.1 Å². The van der Waals surface area contributed by atoms with Crippen molar-refractivity contribution in [3.63, 3.8) is 0 Å². The van der Waals surface area contributed by atoms with E-state index in [1.54, 1.807) is 0 Å². The molecule has 0 unspecified atom stereocenters. The molecular formula is C11H16O4. The zero-order valence-electron chi connectivity index (χ0n) is 8.85. The minimum Gasteiger partial charge on any atom is -0.426 e. The molecule has 0 N–H and O–H groups in total. The molecule has 1 aliphatic carbocycles. The van der Waals surface area contributed by atoms with E-state index >= 15 is 0 Å². The largest absolute Gasteiger partial charge is 0.509 e. The molecule has 0 saturated carbocycles. The fourth-order valence-corrected chi connectivity index (χ4v) is 1.84. The SMILES string of the molecule is CCCCOC[C@H]1C=C[C@@H]2OC(=O)O[C@H]12. The second kappa shape index (κ2) is 4.66. The summed E-state index contributed by atoms with van der Waals surface area (Å²) >= 11 is 0. The topological polar surface area (TPSA) is 44.8 Å². The molecule has 1 fully saturated rings. The van der Waals surface area contributed by atoms with Crippen LogP contribution in [0.2, 0.25) is 0 Å². The maximum atomic E-state index is 10.9. The first kappa shape index (κ1) is 10.5. The Morgan fingerprint density at radius 1 is 1.40 bits per heavy atom. The number of hydrogen-bond acceptors (Lipinski definition) is 4. The van der Waals surface area contributed by atoms with Gasteiger partial charge in [0, 0.05) is 12.5 Å². The Kier molecular flexibility index (Phi) is 3.26. The molecule has 84 valence electrons. The van der Waals surface area contributed by atoms with Gasteiger partial charge in [0.2, 0.25) is 0 Å². The highest BCUT2D eigenvalue weighted by Crippen LogP contribution is 2.30. The van der Waals surface area contributed by atoms with E-state index in [1.165, 1.54) is 0 Å². The molecule has 1 heterocycles. The molecule has 0 aromatic carbocycles. The third-order valence-electron chi connectivity index (χ3n) is 2.71. The van der Waals surface area contributed by atoms with Crippen LogP contribution in [-0.2, 0) is 14.2 Å². The molecule has 0 radical (unpaired) electrons. The Labute approximate surface area is 89.2 Å². The Morgan fingerprint density at radius 2 is 2.27 bits per heavy atom. The highest BCUT2D eigenvalue weighted by Gasteiger charge is 2.43. The lowest BCUT2D eigenvalue weighted by molar-refractivity contribution is 0.0538. The van der Waals surface area contributed by atoms with Crippen molar-refractivity contribution in [2.75, 3.05) is 13.2 Å². The molecular weight excluding hydrogens is 196 g/mol. The summed E-state index contributed by atoms with van der Waals surface area (Å²) in [5.74, 6) is 0.151. The van der Waals surface area contributed by atoms with E-state index < -0.39 is 6.16 Å². The fourth-order valence-electron chi connectivity index (χ4n) is 1.84. The Hall–Kier alpha value is -1.03. The zero-order chi connectivity index (χ0) is 10.7. The van der Waals surface area contributed by atoms with Crippen LogP contribution in [0.5, 0.6) is 0 Å². The van der Waals surface area contributed by atoms with E-state index in [9.17, 15) is 4.79 Å². The summed E-state index contributed by atoms with van der Waals surface area (Å²) < 4.78 is 15.5. The highest BCUT2D eigenvalue weighted by atomic mass is 16.8. The van der Waals surface area contributed by atoms with E-state index in [4.69, 9.17) is 14.2 Å². The second-order valence-electron chi connectivity index (χ2n) is 3.89. The van der Waals surface area contributed by atoms with Crippen LogP contribution in [-0.4, -0.2) is 31.6 Å². The van der Waals surface area contributed by atoms with Crippen LogP contribution in [0, 0.1) is 5.92 Å². The molecule has 4 nitrogen and oxygen atoms in total. The lowest BCUT2D eigenvalue weighted by atomic mass is 10.1. The summed E-state index contributed by atoms with van der Waals surface area (Å²) in [7, 11) is 0. The van der Waals surface area contributed by atoms with Gasteiger partial charge in [-0.1, -0.05) is 19.4 Å². The summed E-state index contributed by atoms with van der Waals surface area (Å²) in [5, 5.41) is 0. The van der Waals surface area contributed by atoms with Gasteiger partial charge in [0.25, 0.3) is 0 Å². The Bertz CT molecular complexity index is 261. The number of rotatable bonds is 5. The maximum Gasteiger partial charge on any atom is 0.509 e. The smallest absolute Gasteiger partial charge is 0.426 e. The number of carbonyl (C=O) groups is 1. The van der Waals surface area contributed by atoms with Gasteiger partial charge in [0.1, 0.15) is 0 Å². The summed E-state index contributed by atoms with van der Waals surface area (Å²) in [6.45, 7) is 3.50. The van der Waals surface area contributed by atoms with E-state index in [1.807, 2.05) is 12.2 Å². The number of ether oxygens (including phenoxy) is 3. The average Bonchev–Trinajstić information content (AvgIpc) is 2.73. The second-order valence-corrected chi connectivity index (χ2v) is 3.89. The molecule has 0 amide bonds. The minimum absolute atomic E-state index is 0.151. The Balaban J connectivity index is 1.75. The van der Waals surface area contributed by atoms with E-state index in [0.717, 1.165) is 19.4 Å². The Morgan fingerprint density at radius 3 is 3.07 bits per heavy atom. The maximum absolute atomic E-state index is 10.9. The van der Waals surface area contributed by atoms with Crippen LogP contribution in [0.4, 0.5) is 4.79 Å². The zero-order valence-corrected chi connectivity index (χ0v) is 8.85. The van der Waals surface area contributed by atoms with Crippen LogP contribution in [0.25, 0.3) is 0 Å². The van der Waals surface area contributed by atoms with Gasteiger partial charge < -0.3 is 14.2 Å². The standard InChI is InChI=1S/C11H16O4/c1-2-3-6-13-7-8-4-5-9-10(8)15-11(12)14-9/h4-5,8-10H,2-3,6-7H2,1H3/t8-,9+,10-/m1/s1. The van der Waals surface area contributed by atoms with Crippen molar-refractivity contribution >= 4 is 6.16 Å². The van der Waals surface area contributed by atoms with Crippen molar-refractivity contribution in [3.8, 4) is 0 Å². The van der Waals surface area contributed by atoms with Gasteiger partial charge in [-0.2, -0.15) is 0 Å². The lowest BCUT2D eigenvalue weighted by Gasteiger charge is -2.15. The van der Waals surface area contributed by atoms with Crippen molar-refractivity contribution in [3.05, 3.63) is 12.2 Å². The molecule has 4 heteroatoms. The molecule has 15 heavy (non-hydrogen) atoms. The fraction of sp³-hybridized carbons (Fsp3) is 0.727. The van der Waals surface area contributed by atoms with Gasteiger partial charge in [-0.25, -0.2) is 4.79 Å². The predicted octanol–water partition coefficient (Wildman–Crippen LogP) is 1.89. The quantitative estimate of drug-likeness (QED) is 0.396. The van der Waals surface area contributed by atoms with Gasteiger partial charge in [-0.3, -0.25) is 0 Å². The average molecular weight is 212 g/mol. The van der Waals surface area contributed by atoms with Crippen molar-refractivity contribution in [2.24, 2.45) is 5.92 Å². The third-order valence-corrected chi connectivity index (χ3v) is 2.71. The number of carbonyl (C=O) groups excluding carboxylic acids is 1. The molecule has 2 aliphatic rings. The summed E-state index contributed by atoms with van der Waals surface area (Å²) in [5.41, 5.74) is 0. The molecule has 2 rings (SSSR count). The van der Waals surface area contributed by atoms with Crippen LogP contribution in [0.3, 0.4) is 0 Å². The van der Waals surface area contributed by atoms with E-state index in [2.05, 4.69) is 6.92 Å². The van der Waals surface area contributed by atoms with Crippen LogP contribution in [0.1, 0.15) is 19.8 Å². The molecule has 1 aliphatic heterocycles. The van der Waals surface area contributed by atoms with Gasteiger partial charge in [-0.15, -0.1) is 0 Å². The monoisotopic (exact) mass is 212 g/mol. The van der Waals surface area contributed by atoms with Gasteiger partial charge in [-0.05, 0) is 12.5 Å². The van der Waals surface area contributed by atoms with Crippen molar-refractivity contribution < 1.29 is 19.0 Å². The first-order valence-corrected chi connectivity index (χ1v) is 5.44. The van der Waals surface area contributed by atoms with Crippen molar-refractivity contribution in [2.45, 2.75) is 32.0 Å². The van der Waals surface area contributed by atoms with Gasteiger partial charge in [0.15, 0.2) is 12.2 Å². The molecule has 0 bridgehead atoms. The van der Waals surface area contributed by atoms with E-state index in [0.29, 0.717) is 6.61 Å². The number of fused-ring (bicyclic) bond motifs is 1. The lowest BCUT2D eigenvalue weighted by Crippen LogP contribution is -2.26. The third kappa shape index (κ3) is 2.31. The van der Waals surface area contributed by atoms with Gasteiger partial charge >= 0.3 is 6.16 Å². The first-order chi connectivity index (χ1) is 7.31. The number of unbranched alkanes of at least 4 members (excludes halogenated alkanes) is 1. The normalized spacial score (nSPS) is 32.6. The highest BCUT2D eigenvalue weighted by molar-refractivity contribution is 5.63. The molecule has 1 saturated heterocycles. The van der Waals surface area contributed by atoms with Crippen LogP contribution in [0.15, 0.2) is 12.2 Å². The first-order valence-electron chi connectivity index (χ1n) is 5.44. The summed E-state index contributed by atoms with van der Waals surface area (Å²) in [6, 6.07) is 0. The molecule has 0 aromatic heterocycles. The summed E-state index contributed by atoms with van der Waals surface area (Å²) in [6.07, 6.45) is 5.16. The summed E-state index contributed by atoms with van der Waals surface area (Å²) in [4.78, 5) is 10.9. The number of hydrogen-bond donors (Lipinski definition) is 0. The van der Waals surface area contributed by atoms with Crippen molar-refractivity contribution in [1.82, 2.24) is 0 Å². The minimum atomic E-state index is -0.562. The predicted molar refractivity (Wildman–Crippen MR) is 53.5 cm³/mol. The van der Waals surface area contributed by atoms with Gasteiger partial charge in [0.05, 0.1) is 6.61 Å². The van der Waals surface area contributed by atoms with Crippen LogP contribution >= 0.6 is 0 Å². The molecule has 3 atom stereocenters.